The van der Waals surface area contributed by atoms with E-state index in [9.17, 15) is 8.78 Å². The van der Waals surface area contributed by atoms with E-state index in [1.165, 1.54) is 23.9 Å². The van der Waals surface area contributed by atoms with Crippen molar-refractivity contribution in [1.82, 2.24) is 4.98 Å². The van der Waals surface area contributed by atoms with Crippen LogP contribution in [-0.2, 0) is 10.3 Å². The van der Waals surface area contributed by atoms with Gasteiger partial charge in [0.25, 0.3) is 0 Å². The molecule has 0 amide bonds. The fraction of sp³-hybridized carbons (Fsp3) is 0.412. The monoisotopic (exact) mass is 365 g/mol. The molecule has 1 aromatic heterocycles. The smallest absolute Gasteiger partial charge is 0.223 e. The van der Waals surface area contributed by atoms with E-state index in [0.717, 1.165) is 11.8 Å². The summed E-state index contributed by atoms with van der Waals surface area (Å²) in [5.41, 5.74) is 6.06. The first-order valence-electron chi connectivity index (χ1n) is 7.95. The molecule has 132 valence electrons. The van der Waals surface area contributed by atoms with Gasteiger partial charge in [-0.15, -0.1) is 0 Å². The van der Waals surface area contributed by atoms with Crippen molar-refractivity contribution >= 4 is 16.9 Å². The summed E-state index contributed by atoms with van der Waals surface area (Å²) in [6.45, 7) is 1.98. The van der Waals surface area contributed by atoms with E-state index < -0.39 is 17.2 Å². The molecule has 0 spiro atoms. The van der Waals surface area contributed by atoms with Crippen LogP contribution < -0.4 is 5.73 Å². The highest BCUT2D eigenvalue weighted by atomic mass is 32.2. The van der Waals surface area contributed by atoms with Gasteiger partial charge in [0.15, 0.2) is 5.17 Å². The third kappa shape index (κ3) is 2.83. The first-order valence-corrected chi connectivity index (χ1v) is 8.94. The van der Waals surface area contributed by atoms with Crippen molar-refractivity contribution in [2.75, 3.05) is 12.4 Å². The molecule has 0 saturated carbocycles. The fourth-order valence-corrected chi connectivity index (χ4v) is 4.51. The molecular weight excluding hydrogens is 348 g/mol. The number of rotatable bonds is 2. The molecule has 1 saturated heterocycles. The Morgan fingerprint density at radius 1 is 1.36 bits per heavy atom. The van der Waals surface area contributed by atoms with E-state index in [2.05, 4.69) is 9.98 Å². The van der Waals surface area contributed by atoms with E-state index in [4.69, 9.17) is 14.9 Å². The second kappa shape index (κ2) is 6.10. The number of nitrogens with zero attached hydrogens (tertiary/aromatic N) is 2. The number of hydrogen-bond acceptors (Lipinski definition) is 6. The number of halogens is 2. The van der Waals surface area contributed by atoms with Crippen molar-refractivity contribution in [2.24, 2.45) is 16.6 Å². The summed E-state index contributed by atoms with van der Waals surface area (Å²) in [5.74, 6) is -0.108. The van der Waals surface area contributed by atoms with E-state index in [1.807, 2.05) is 6.92 Å². The minimum absolute atomic E-state index is 0.0317. The molecule has 4 rings (SSSR count). The van der Waals surface area contributed by atoms with Crippen LogP contribution in [0.15, 0.2) is 33.9 Å². The van der Waals surface area contributed by atoms with Gasteiger partial charge in [0, 0.05) is 23.3 Å². The third-order valence-corrected chi connectivity index (χ3v) is 5.69. The summed E-state index contributed by atoms with van der Waals surface area (Å²) in [6, 6.07) is 3.54. The lowest BCUT2D eigenvalue weighted by molar-refractivity contribution is -0.0697. The van der Waals surface area contributed by atoms with Crippen LogP contribution in [0.5, 0.6) is 0 Å². The van der Waals surface area contributed by atoms with Gasteiger partial charge in [-0.1, -0.05) is 17.8 Å². The minimum atomic E-state index is -0.953. The summed E-state index contributed by atoms with van der Waals surface area (Å²) < 4.78 is 39.3. The maximum atomic E-state index is 14.5. The minimum Gasteiger partial charge on any atom is -0.446 e. The Morgan fingerprint density at radius 3 is 2.92 bits per heavy atom. The molecule has 2 aromatic rings. The topological polar surface area (TPSA) is 73.6 Å². The molecule has 1 fully saturated rings. The van der Waals surface area contributed by atoms with E-state index >= 15 is 0 Å². The molecule has 25 heavy (non-hydrogen) atoms. The predicted octanol–water partition coefficient (Wildman–Crippen LogP) is 3.30. The van der Waals surface area contributed by atoms with Crippen LogP contribution in [0.1, 0.15) is 29.7 Å². The first-order chi connectivity index (χ1) is 12.0. The molecule has 1 aromatic carbocycles. The van der Waals surface area contributed by atoms with Crippen LogP contribution in [0.3, 0.4) is 0 Å². The highest BCUT2D eigenvalue weighted by molar-refractivity contribution is 8.13. The molecule has 2 aliphatic heterocycles. The molecule has 8 heteroatoms. The quantitative estimate of drug-likeness (QED) is 0.884. The summed E-state index contributed by atoms with van der Waals surface area (Å²) in [4.78, 5) is 8.88. The van der Waals surface area contributed by atoms with Crippen LogP contribution in [0, 0.1) is 24.5 Å². The maximum absolute atomic E-state index is 14.5. The average Bonchev–Trinajstić information content (AvgIpc) is 3.00. The molecule has 2 unspecified atom stereocenters. The van der Waals surface area contributed by atoms with Gasteiger partial charge in [-0.25, -0.2) is 18.8 Å². The van der Waals surface area contributed by atoms with Crippen LogP contribution >= 0.6 is 11.8 Å². The van der Waals surface area contributed by atoms with Crippen molar-refractivity contribution in [3.63, 3.8) is 0 Å². The largest absolute Gasteiger partial charge is 0.446 e. The lowest BCUT2D eigenvalue weighted by atomic mass is 9.75. The highest BCUT2D eigenvalue weighted by Crippen LogP contribution is 2.49. The highest BCUT2D eigenvalue weighted by Gasteiger charge is 2.50. The number of aromatic nitrogens is 1. The second-order valence-corrected chi connectivity index (χ2v) is 7.41. The summed E-state index contributed by atoms with van der Waals surface area (Å²) >= 11 is 1.43. The summed E-state index contributed by atoms with van der Waals surface area (Å²) in [5, 5.41) is 0.383. The number of fused-ring (bicyclic) bond motifs is 1. The third-order valence-electron chi connectivity index (χ3n) is 4.73. The van der Waals surface area contributed by atoms with Crippen LogP contribution in [-0.4, -0.2) is 22.5 Å². The van der Waals surface area contributed by atoms with Crippen molar-refractivity contribution in [2.45, 2.75) is 25.0 Å². The van der Waals surface area contributed by atoms with Gasteiger partial charge in [0.05, 0.1) is 12.3 Å². The zero-order chi connectivity index (χ0) is 17.6. The van der Waals surface area contributed by atoms with Gasteiger partial charge in [-0.2, -0.15) is 0 Å². The van der Waals surface area contributed by atoms with Gasteiger partial charge >= 0.3 is 0 Å². The van der Waals surface area contributed by atoms with Gasteiger partial charge in [-0.05, 0) is 19.4 Å². The van der Waals surface area contributed by atoms with Gasteiger partial charge < -0.3 is 14.9 Å². The predicted molar refractivity (Wildman–Crippen MR) is 90.2 cm³/mol. The number of aliphatic imine (C=N–C) groups is 1. The molecule has 0 radical (unpaired) electrons. The number of nitrogens with two attached hydrogens (primary N) is 1. The van der Waals surface area contributed by atoms with Gasteiger partial charge in [0.1, 0.15) is 29.5 Å². The molecule has 0 bridgehead atoms. The zero-order valence-electron chi connectivity index (χ0n) is 13.5. The van der Waals surface area contributed by atoms with Crippen molar-refractivity contribution in [3.8, 4) is 0 Å². The Hall–Kier alpha value is -1.93. The molecule has 2 aliphatic rings. The molecule has 0 aliphatic carbocycles. The molecule has 2 N–H and O–H groups in total. The number of thioether (sulfide) groups is 1. The first kappa shape index (κ1) is 16.5. The normalized spacial score (nSPS) is 29.2. The Labute approximate surface area is 147 Å². The van der Waals surface area contributed by atoms with E-state index in [1.54, 1.807) is 6.26 Å². The van der Waals surface area contributed by atoms with Crippen molar-refractivity contribution < 1.29 is 17.9 Å². The number of amidine groups is 1. The van der Waals surface area contributed by atoms with Gasteiger partial charge in [-0.3, -0.25) is 0 Å². The number of benzene rings is 1. The molecule has 3 heterocycles. The van der Waals surface area contributed by atoms with Gasteiger partial charge in [0.2, 0.25) is 5.89 Å². The Morgan fingerprint density at radius 2 is 2.20 bits per heavy atom. The molecule has 5 nitrogen and oxygen atoms in total. The zero-order valence-corrected chi connectivity index (χ0v) is 14.4. The standard InChI is InChI=1S/C17H17F2N3O2S/c1-9-6-23-15(21-9)14-4-10-7-25-16(20)22-17(10,8-24-14)12-3-2-11(18)5-13(12)19/h2-3,5-6,10,14H,4,7-8H2,1H3,(H2,20,22)/t10?,14-,17?/m1/s1. The fourth-order valence-electron chi connectivity index (χ4n) is 3.50. The van der Waals surface area contributed by atoms with Crippen molar-refractivity contribution in [1.29, 1.82) is 0 Å². The Kier molecular flexibility index (Phi) is 4.04. The Balaban J connectivity index is 1.73. The SMILES string of the molecule is Cc1coc([C@H]2CC3CSC(N)=NC3(c3ccc(F)cc3F)CO2)n1. The van der Waals surface area contributed by atoms with Crippen LogP contribution in [0.4, 0.5) is 8.78 Å². The lowest BCUT2D eigenvalue weighted by Crippen LogP contribution is -2.48. The molecular formula is C17H17F2N3O2S. The number of aryl methyl sites for hydroxylation is 1. The van der Waals surface area contributed by atoms with Crippen LogP contribution in [0.25, 0.3) is 0 Å². The number of hydrogen-bond donors (Lipinski definition) is 1. The number of oxazole rings is 1. The lowest BCUT2D eigenvalue weighted by Gasteiger charge is -2.45. The summed E-state index contributed by atoms with van der Waals surface area (Å²) in [6.07, 6.45) is 1.83. The maximum Gasteiger partial charge on any atom is 0.223 e. The van der Waals surface area contributed by atoms with Crippen molar-refractivity contribution in [3.05, 3.63) is 53.2 Å². The summed E-state index contributed by atoms with van der Waals surface area (Å²) in [7, 11) is 0. The Bertz CT molecular complexity index is 841. The second-order valence-electron chi connectivity index (χ2n) is 6.37. The molecule has 3 atom stereocenters. The van der Waals surface area contributed by atoms with Crippen LogP contribution in [0.2, 0.25) is 0 Å². The van der Waals surface area contributed by atoms with E-state index in [-0.39, 0.29) is 18.6 Å². The number of ether oxygens (including phenoxy) is 1. The van der Waals surface area contributed by atoms with E-state index in [0.29, 0.717) is 28.8 Å². The average molecular weight is 365 g/mol.